The van der Waals surface area contributed by atoms with Crippen LogP contribution in [0.5, 0.6) is 0 Å². The van der Waals surface area contributed by atoms with Crippen molar-refractivity contribution in [1.82, 2.24) is 14.3 Å². The fourth-order valence-electron chi connectivity index (χ4n) is 1.65. The molecule has 17 heavy (non-hydrogen) atoms. The molecule has 6 nitrogen and oxygen atoms in total. The van der Waals surface area contributed by atoms with Gasteiger partial charge in [-0.3, -0.25) is 4.68 Å². The summed E-state index contributed by atoms with van der Waals surface area (Å²) in [6.07, 6.45) is 0. The number of para-hydroxylation sites is 1. The Balaban J connectivity index is 2.70. The number of carboxylic acids is 1. The van der Waals surface area contributed by atoms with Gasteiger partial charge in [-0.25, -0.2) is 4.79 Å². The Bertz CT molecular complexity index is 598. The van der Waals surface area contributed by atoms with Crippen molar-refractivity contribution in [2.75, 3.05) is 0 Å². The van der Waals surface area contributed by atoms with E-state index in [1.807, 2.05) is 0 Å². The topological polar surface area (TPSA) is 80.0 Å². The first-order valence-electron chi connectivity index (χ1n) is 5.11. The predicted octanol–water partition coefficient (Wildman–Crippen LogP) is -0.583. The van der Waals surface area contributed by atoms with Crippen molar-refractivity contribution in [3.05, 3.63) is 46.6 Å². The fourth-order valence-corrected chi connectivity index (χ4v) is 1.65. The molecule has 0 spiro atoms. The molecular formula is C11H10N3O3-. The van der Waals surface area contributed by atoms with Crippen molar-refractivity contribution in [2.45, 2.75) is 13.5 Å². The normalized spacial score (nSPS) is 10.4. The number of hydrogen-bond acceptors (Lipinski definition) is 4. The molecule has 1 aromatic heterocycles. The van der Waals surface area contributed by atoms with Gasteiger partial charge in [-0.15, -0.1) is 0 Å². The standard InChI is InChI=1S/C11H11N3O3/c1-2-13-9(10(15)16)12-11(17)14(13)8-6-4-3-5-7-8/h3-7H,2H2,1H3,(H,15,16)/p-1. The first-order chi connectivity index (χ1) is 8.15. The van der Waals surface area contributed by atoms with E-state index in [1.165, 1.54) is 9.36 Å². The van der Waals surface area contributed by atoms with Crippen LogP contribution in [0.25, 0.3) is 5.69 Å². The number of aromatic carboxylic acids is 1. The lowest BCUT2D eigenvalue weighted by molar-refractivity contribution is -0.256. The number of hydrogen-bond donors (Lipinski definition) is 0. The molecule has 2 rings (SSSR count). The lowest BCUT2D eigenvalue weighted by Crippen LogP contribution is -2.28. The minimum absolute atomic E-state index is 0.313. The SMILES string of the molecule is CCn1c(C(=O)[O-])nc(=O)n1-c1ccccc1. The number of nitrogens with zero attached hydrogens (tertiary/aromatic N) is 3. The highest BCUT2D eigenvalue weighted by molar-refractivity contribution is 5.81. The highest BCUT2D eigenvalue weighted by Gasteiger charge is 2.13. The van der Waals surface area contributed by atoms with Gasteiger partial charge in [0.05, 0.1) is 5.69 Å². The van der Waals surface area contributed by atoms with Gasteiger partial charge in [-0.2, -0.15) is 9.67 Å². The lowest BCUT2D eigenvalue weighted by Gasteiger charge is -2.11. The Kier molecular flexibility index (Phi) is 2.78. The van der Waals surface area contributed by atoms with Crippen molar-refractivity contribution in [1.29, 1.82) is 0 Å². The average Bonchev–Trinajstić information content (AvgIpc) is 2.67. The Morgan fingerprint density at radius 1 is 1.35 bits per heavy atom. The number of carboxylic acid groups (broad SMARTS) is 1. The van der Waals surface area contributed by atoms with Gasteiger partial charge in [0.1, 0.15) is 5.97 Å². The van der Waals surface area contributed by atoms with Crippen LogP contribution >= 0.6 is 0 Å². The zero-order chi connectivity index (χ0) is 12.4. The van der Waals surface area contributed by atoms with Crippen molar-refractivity contribution >= 4 is 5.97 Å². The van der Waals surface area contributed by atoms with E-state index in [2.05, 4.69) is 4.98 Å². The first kappa shape index (κ1) is 11.1. The molecule has 6 heteroatoms. The summed E-state index contributed by atoms with van der Waals surface area (Å²) in [6.45, 7) is 2.04. The van der Waals surface area contributed by atoms with Crippen LogP contribution in [0.1, 0.15) is 17.5 Å². The Labute approximate surface area is 96.7 Å². The lowest BCUT2D eigenvalue weighted by atomic mass is 10.3. The van der Waals surface area contributed by atoms with Gasteiger partial charge >= 0.3 is 5.69 Å². The van der Waals surface area contributed by atoms with Crippen LogP contribution in [-0.4, -0.2) is 20.3 Å². The van der Waals surface area contributed by atoms with Gasteiger partial charge < -0.3 is 9.90 Å². The van der Waals surface area contributed by atoms with E-state index in [-0.39, 0.29) is 5.82 Å². The molecule has 2 aromatic rings. The molecule has 1 aromatic carbocycles. The minimum Gasteiger partial charge on any atom is -0.542 e. The smallest absolute Gasteiger partial charge is 0.369 e. The Morgan fingerprint density at radius 2 is 2.00 bits per heavy atom. The highest BCUT2D eigenvalue weighted by atomic mass is 16.4. The van der Waals surface area contributed by atoms with Gasteiger partial charge in [0.15, 0.2) is 5.82 Å². The third kappa shape index (κ3) is 1.84. The van der Waals surface area contributed by atoms with Crippen LogP contribution in [0.3, 0.4) is 0 Å². The maximum Gasteiger partial charge on any atom is 0.369 e. The van der Waals surface area contributed by atoms with E-state index in [4.69, 9.17) is 0 Å². The summed E-state index contributed by atoms with van der Waals surface area (Å²) in [7, 11) is 0. The maximum absolute atomic E-state index is 11.7. The molecule has 1 heterocycles. The molecule has 0 bridgehead atoms. The van der Waals surface area contributed by atoms with Crippen LogP contribution in [0.4, 0.5) is 0 Å². The van der Waals surface area contributed by atoms with Crippen LogP contribution in [0, 0.1) is 0 Å². The molecule has 0 aliphatic rings. The van der Waals surface area contributed by atoms with E-state index in [0.717, 1.165) is 0 Å². The van der Waals surface area contributed by atoms with E-state index in [9.17, 15) is 14.7 Å². The molecule has 0 aliphatic heterocycles. The molecule has 0 saturated heterocycles. The Morgan fingerprint density at radius 3 is 2.53 bits per heavy atom. The van der Waals surface area contributed by atoms with Crippen molar-refractivity contribution in [3.8, 4) is 5.69 Å². The summed E-state index contributed by atoms with van der Waals surface area (Å²) in [6, 6.07) is 8.73. The highest BCUT2D eigenvalue weighted by Crippen LogP contribution is 2.05. The summed E-state index contributed by atoms with van der Waals surface area (Å²) in [5.74, 6) is -1.82. The first-order valence-corrected chi connectivity index (χ1v) is 5.11. The number of rotatable bonds is 3. The molecule has 0 amide bonds. The summed E-state index contributed by atoms with van der Waals surface area (Å²) in [5, 5.41) is 10.8. The average molecular weight is 232 g/mol. The predicted molar refractivity (Wildman–Crippen MR) is 57.8 cm³/mol. The number of carbonyl (C=O) groups is 1. The van der Waals surface area contributed by atoms with E-state index < -0.39 is 11.7 Å². The third-order valence-corrected chi connectivity index (χ3v) is 2.35. The molecule has 0 saturated carbocycles. The van der Waals surface area contributed by atoms with Crippen LogP contribution in [0.2, 0.25) is 0 Å². The molecule has 0 radical (unpaired) electrons. The second-order valence-electron chi connectivity index (χ2n) is 3.37. The molecule has 0 atom stereocenters. The van der Waals surface area contributed by atoms with Gasteiger partial charge in [0, 0.05) is 6.54 Å². The van der Waals surface area contributed by atoms with Crippen molar-refractivity contribution < 1.29 is 9.90 Å². The molecule has 0 N–H and O–H groups in total. The molecule has 0 fully saturated rings. The number of carbonyl (C=O) groups excluding carboxylic acids is 1. The second-order valence-corrected chi connectivity index (χ2v) is 3.37. The molecule has 0 unspecified atom stereocenters. The Hall–Kier alpha value is -2.37. The van der Waals surface area contributed by atoms with Gasteiger partial charge in [0.2, 0.25) is 0 Å². The van der Waals surface area contributed by atoms with Crippen LogP contribution < -0.4 is 10.8 Å². The van der Waals surface area contributed by atoms with Gasteiger partial charge in [-0.05, 0) is 19.1 Å². The molecule has 0 aliphatic carbocycles. The largest absolute Gasteiger partial charge is 0.542 e. The number of aromatic nitrogens is 3. The van der Waals surface area contributed by atoms with Crippen molar-refractivity contribution in [3.63, 3.8) is 0 Å². The van der Waals surface area contributed by atoms with Gasteiger partial charge in [0.25, 0.3) is 0 Å². The number of benzene rings is 1. The monoisotopic (exact) mass is 232 g/mol. The zero-order valence-corrected chi connectivity index (χ0v) is 9.16. The van der Waals surface area contributed by atoms with E-state index in [0.29, 0.717) is 12.2 Å². The minimum atomic E-state index is -1.46. The summed E-state index contributed by atoms with van der Waals surface area (Å²) >= 11 is 0. The van der Waals surface area contributed by atoms with E-state index in [1.54, 1.807) is 37.3 Å². The summed E-state index contributed by atoms with van der Waals surface area (Å²) < 4.78 is 2.48. The van der Waals surface area contributed by atoms with E-state index >= 15 is 0 Å². The van der Waals surface area contributed by atoms with Crippen LogP contribution in [-0.2, 0) is 6.54 Å². The summed E-state index contributed by atoms with van der Waals surface area (Å²) in [5.41, 5.74) is -0.0587. The maximum atomic E-state index is 11.7. The van der Waals surface area contributed by atoms with Crippen LogP contribution in [0.15, 0.2) is 35.1 Å². The molecular weight excluding hydrogens is 222 g/mol. The quantitative estimate of drug-likeness (QED) is 0.709. The van der Waals surface area contributed by atoms with Crippen molar-refractivity contribution in [2.24, 2.45) is 0 Å². The molecule has 88 valence electrons. The fraction of sp³-hybridized carbons (Fsp3) is 0.182. The van der Waals surface area contributed by atoms with Gasteiger partial charge in [-0.1, -0.05) is 18.2 Å². The second kappa shape index (κ2) is 4.25. The summed E-state index contributed by atoms with van der Waals surface area (Å²) in [4.78, 5) is 26.0. The third-order valence-electron chi connectivity index (χ3n) is 2.35. The zero-order valence-electron chi connectivity index (χ0n) is 9.16.